The summed E-state index contributed by atoms with van der Waals surface area (Å²) < 4.78 is 5.12. The maximum Gasteiger partial charge on any atom is 0.317 e. The molecule has 7 nitrogen and oxygen atoms in total. The summed E-state index contributed by atoms with van der Waals surface area (Å²) in [5.41, 5.74) is 1.03. The second-order valence-electron chi connectivity index (χ2n) is 6.79. The van der Waals surface area contributed by atoms with E-state index in [1.807, 2.05) is 36.2 Å². The van der Waals surface area contributed by atoms with Gasteiger partial charge < -0.3 is 15.2 Å². The number of amides is 1. The van der Waals surface area contributed by atoms with Crippen molar-refractivity contribution in [2.24, 2.45) is 0 Å². The van der Waals surface area contributed by atoms with Gasteiger partial charge in [0.05, 0.1) is 20.2 Å². The molecular formula is C19H30ClN3O4. The number of carboxylic acid groups (broad SMARTS) is 1. The van der Waals surface area contributed by atoms with Gasteiger partial charge in [0.2, 0.25) is 5.91 Å². The normalized spacial score (nSPS) is 17.7. The number of carbonyl (C=O) groups is 2. The summed E-state index contributed by atoms with van der Waals surface area (Å²) in [4.78, 5) is 27.1. The number of hydrogen-bond donors (Lipinski definition) is 2. The van der Waals surface area contributed by atoms with E-state index in [9.17, 15) is 9.59 Å². The zero-order valence-electron chi connectivity index (χ0n) is 16.0. The maximum absolute atomic E-state index is 12.2. The molecule has 27 heavy (non-hydrogen) atoms. The Bertz CT molecular complexity index is 597. The van der Waals surface area contributed by atoms with Crippen LogP contribution in [0.2, 0.25) is 0 Å². The predicted molar refractivity (Wildman–Crippen MR) is 106 cm³/mol. The molecule has 1 aliphatic rings. The van der Waals surface area contributed by atoms with Crippen LogP contribution < -0.4 is 10.1 Å². The average molecular weight is 400 g/mol. The average Bonchev–Trinajstić information content (AvgIpc) is 2.85. The van der Waals surface area contributed by atoms with Crippen LogP contribution in [-0.2, 0) is 16.1 Å². The molecule has 1 aromatic rings. The van der Waals surface area contributed by atoms with E-state index in [0.717, 1.165) is 43.7 Å². The predicted octanol–water partition coefficient (Wildman–Crippen LogP) is 1.60. The van der Waals surface area contributed by atoms with Crippen LogP contribution in [0.1, 0.15) is 24.8 Å². The third-order valence-corrected chi connectivity index (χ3v) is 4.81. The second kappa shape index (κ2) is 11.8. The molecule has 0 saturated carbocycles. The molecule has 1 atom stereocenters. The first-order valence-corrected chi connectivity index (χ1v) is 9.02. The number of carboxylic acids is 1. The van der Waals surface area contributed by atoms with Gasteiger partial charge in [-0.05, 0) is 50.6 Å². The van der Waals surface area contributed by atoms with Crippen molar-refractivity contribution in [3.63, 3.8) is 0 Å². The summed E-state index contributed by atoms with van der Waals surface area (Å²) in [6.07, 6.45) is 2.82. The minimum Gasteiger partial charge on any atom is -0.497 e. The van der Waals surface area contributed by atoms with Crippen molar-refractivity contribution < 1.29 is 19.4 Å². The first-order valence-electron chi connectivity index (χ1n) is 9.02. The van der Waals surface area contributed by atoms with Gasteiger partial charge in [0.15, 0.2) is 0 Å². The Morgan fingerprint density at radius 2 is 1.96 bits per heavy atom. The third-order valence-electron chi connectivity index (χ3n) is 4.81. The van der Waals surface area contributed by atoms with Gasteiger partial charge in [0, 0.05) is 19.1 Å². The van der Waals surface area contributed by atoms with Gasteiger partial charge in [-0.1, -0.05) is 12.1 Å². The summed E-state index contributed by atoms with van der Waals surface area (Å²) >= 11 is 0. The molecule has 2 rings (SSSR count). The standard InChI is InChI=1S/C19H29N3O4.ClH/c1-21(14-19(24)25)16-4-3-10-22(11-9-16)13-18(23)20-12-15-5-7-17(26-2)8-6-15;/h5-8,16H,3-4,9-14H2,1-2H3,(H,20,23)(H,24,25);1H. The number of likely N-dealkylation sites (tertiary alicyclic amines) is 1. The SMILES string of the molecule is COc1ccc(CNC(=O)CN2CCCC(N(C)CC(=O)O)CC2)cc1.Cl. The number of benzene rings is 1. The first kappa shape index (κ1) is 23.2. The van der Waals surface area contributed by atoms with E-state index in [1.165, 1.54) is 0 Å². The Labute approximate surface area is 167 Å². The Balaban J connectivity index is 0.00000364. The van der Waals surface area contributed by atoms with Crippen LogP contribution in [0.3, 0.4) is 0 Å². The first-order chi connectivity index (χ1) is 12.5. The quantitative estimate of drug-likeness (QED) is 0.691. The van der Waals surface area contributed by atoms with Crippen LogP contribution in [-0.4, -0.2) is 73.2 Å². The van der Waals surface area contributed by atoms with E-state index in [4.69, 9.17) is 9.84 Å². The highest BCUT2D eigenvalue weighted by atomic mass is 35.5. The summed E-state index contributed by atoms with van der Waals surface area (Å²) in [5.74, 6) is 0.0109. The van der Waals surface area contributed by atoms with Crippen LogP contribution in [0.4, 0.5) is 0 Å². The number of nitrogens with zero attached hydrogens (tertiary/aromatic N) is 2. The van der Waals surface area contributed by atoms with Crippen LogP contribution in [0, 0.1) is 0 Å². The molecule has 1 fully saturated rings. The monoisotopic (exact) mass is 399 g/mol. The highest BCUT2D eigenvalue weighted by Crippen LogP contribution is 2.15. The van der Waals surface area contributed by atoms with E-state index >= 15 is 0 Å². The lowest BCUT2D eigenvalue weighted by Gasteiger charge is -2.25. The van der Waals surface area contributed by atoms with E-state index < -0.39 is 5.97 Å². The van der Waals surface area contributed by atoms with Crippen molar-refractivity contribution in [2.75, 3.05) is 40.3 Å². The largest absolute Gasteiger partial charge is 0.497 e. The summed E-state index contributed by atoms with van der Waals surface area (Å²) in [7, 11) is 3.48. The molecule has 0 aromatic heterocycles. The number of halogens is 1. The van der Waals surface area contributed by atoms with E-state index in [0.29, 0.717) is 13.1 Å². The zero-order valence-corrected chi connectivity index (χ0v) is 16.8. The molecule has 0 aliphatic carbocycles. The summed E-state index contributed by atoms with van der Waals surface area (Å²) in [6.45, 7) is 2.62. The summed E-state index contributed by atoms with van der Waals surface area (Å²) in [6, 6.07) is 7.90. The number of aliphatic carboxylic acids is 1. The van der Waals surface area contributed by atoms with Gasteiger partial charge in [-0.15, -0.1) is 12.4 Å². The van der Waals surface area contributed by atoms with Crippen molar-refractivity contribution in [3.8, 4) is 5.75 Å². The molecule has 1 heterocycles. The molecule has 1 aliphatic heterocycles. The van der Waals surface area contributed by atoms with Crippen LogP contribution in [0.25, 0.3) is 0 Å². The molecular weight excluding hydrogens is 370 g/mol. The van der Waals surface area contributed by atoms with Gasteiger partial charge in [-0.25, -0.2) is 0 Å². The van der Waals surface area contributed by atoms with Crippen molar-refractivity contribution in [1.29, 1.82) is 0 Å². The molecule has 0 radical (unpaired) electrons. The number of nitrogens with one attached hydrogen (secondary N) is 1. The van der Waals surface area contributed by atoms with E-state index in [1.54, 1.807) is 7.11 Å². The fourth-order valence-corrected chi connectivity index (χ4v) is 3.28. The molecule has 0 bridgehead atoms. The van der Waals surface area contributed by atoms with Crippen molar-refractivity contribution in [2.45, 2.75) is 31.8 Å². The lowest BCUT2D eigenvalue weighted by atomic mass is 10.1. The van der Waals surface area contributed by atoms with E-state index in [2.05, 4.69) is 10.2 Å². The molecule has 1 aromatic carbocycles. The zero-order chi connectivity index (χ0) is 18.9. The second-order valence-corrected chi connectivity index (χ2v) is 6.79. The Hall–Kier alpha value is -1.83. The highest BCUT2D eigenvalue weighted by Gasteiger charge is 2.22. The Kier molecular flexibility index (Phi) is 10.1. The maximum atomic E-state index is 12.2. The number of ether oxygens (including phenoxy) is 1. The molecule has 8 heteroatoms. The molecule has 1 saturated heterocycles. The molecule has 152 valence electrons. The summed E-state index contributed by atoms with van der Waals surface area (Å²) in [5, 5.41) is 11.9. The van der Waals surface area contributed by atoms with Crippen LogP contribution >= 0.6 is 12.4 Å². The Morgan fingerprint density at radius 3 is 2.59 bits per heavy atom. The number of methoxy groups -OCH3 is 1. The van der Waals surface area contributed by atoms with Gasteiger partial charge >= 0.3 is 5.97 Å². The molecule has 1 amide bonds. The fraction of sp³-hybridized carbons (Fsp3) is 0.579. The number of carbonyl (C=O) groups excluding carboxylic acids is 1. The number of hydrogen-bond acceptors (Lipinski definition) is 5. The lowest BCUT2D eigenvalue weighted by molar-refractivity contribution is -0.138. The fourth-order valence-electron chi connectivity index (χ4n) is 3.28. The minimum atomic E-state index is -0.800. The van der Waals surface area contributed by atoms with Crippen molar-refractivity contribution in [1.82, 2.24) is 15.1 Å². The molecule has 0 spiro atoms. The third kappa shape index (κ3) is 8.15. The van der Waals surface area contributed by atoms with Crippen LogP contribution in [0.15, 0.2) is 24.3 Å². The number of rotatable bonds is 8. The minimum absolute atomic E-state index is 0. The van der Waals surface area contributed by atoms with Crippen molar-refractivity contribution >= 4 is 24.3 Å². The van der Waals surface area contributed by atoms with Crippen LogP contribution in [0.5, 0.6) is 5.75 Å². The van der Waals surface area contributed by atoms with Crippen molar-refractivity contribution in [3.05, 3.63) is 29.8 Å². The van der Waals surface area contributed by atoms with Gasteiger partial charge in [0.25, 0.3) is 0 Å². The molecule has 1 unspecified atom stereocenters. The molecule has 2 N–H and O–H groups in total. The topological polar surface area (TPSA) is 82.1 Å². The smallest absolute Gasteiger partial charge is 0.317 e. The highest BCUT2D eigenvalue weighted by molar-refractivity contribution is 5.85. The lowest BCUT2D eigenvalue weighted by Crippen LogP contribution is -2.39. The van der Waals surface area contributed by atoms with Gasteiger partial charge in [-0.2, -0.15) is 0 Å². The van der Waals surface area contributed by atoms with E-state index in [-0.39, 0.29) is 30.9 Å². The number of likely N-dealkylation sites (N-methyl/N-ethyl adjacent to an activating group) is 1. The van der Waals surface area contributed by atoms with Gasteiger partial charge in [-0.3, -0.25) is 19.4 Å². The Morgan fingerprint density at radius 1 is 1.26 bits per heavy atom. The van der Waals surface area contributed by atoms with Gasteiger partial charge in [0.1, 0.15) is 5.75 Å².